The maximum Gasteiger partial charge on any atom is 0.109 e. The third-order valence-corrected chi connectivity index (χ3v) is 2.74. The maximum absolute atomic E-state index is 9.58. The standard InChI is InChI=1S/C11H18N2O/c1-8(2)5-11-12-6-9-3-4-10(14)7-13(9)11/h6,8,10,14H,3-5,7H2,1-2H3. The van der Waals surface area contributed by atoms with Crippen molar-refractivity contribution in [1.82, 2.24) is 9.55 Å². The zero-order chi connectivity index (χ0) is 10.1. The quantitative estimate of drug-likeness (QED) is 0.772. The van der Waals surface area contributed by atoms with Crippen molar-refractivity contribution in [2.24, 2.45) is 5.92 Å². The van der Waals surface area contributed by atoms with Gasteiger partial charge in [-0.3, -0.25) is 0 Å². The Hall–Kier alpha value is -0.830. The molecule has 0 bridgehead atoms. The third kappa shape index (κ3) is 1.82. The second kappa shape index (κ2) is 3.73. The highest BCUT2D eigenvalue weighted by atomic mass is 16.3. The monoisotopic (exact) mass is 194 g/mol. The average Bonchev–Trinajstić information content (AvgIpc) is 2.47. The lowest BCUT2D eigenvalue weighted by Gasteiger charge is -2.21. The second-order valence-electron chi connectivity index (χ2n) is 4.57. The Labute approximate surface area is 84.8 Å². The molecule has 3 nitrogen and oxygen atoms in total. The Kier molecular flexibility index (Phi) is 2.59. The van der Waals surface area contributed by atoms with E-state index < -0.39 is 0 Å². The van der Waals surface area contributed by atoms with Crippen molar-refractivity contribution < 1.29 is 5.11 Å². The molecule has 1 aromatic rings. The molecule has 1 aliphatic rings. The van der Waals surface area contributed by atoms with Gasteiger partial charge in [0.25, 0.3) is 0 Å². The molecule has 0 fully saturated rings. The number of hydrogen-bond donors (Lipinski definition) is 1. The first-order chi connectivity index (χ1) is 6.66. The highest BCUT2D eigenvalue weighted by molar-refractivity contribution is 5.09. The molecule has 2 heterocycles. The molecule has 3 heteroatoms. The minimum absolute atomic E-state index is 0.178. The van der Waals surface area contributed by atoms with Crippen LogP contribution in [0.4, 0.5) is 0 Å². The third-order valence-electron chi connectivity index (χ3n) is 2.74. The average molecular weight is 194 g/mol. The number of rotatable bonds is 2. The number of aromatic nitrogens is 2. The van der Waals surface area contributed by atoms with Gasteiger partial charge in [-0.25, -0.2) is 4.98 Å². The van der Waals surface area contributed by atoms with Crippen LogP contribution >= 0.6 is 0 Å². The molecular weight excluding hydrogens is 176 g/mol. The summed E-state index contributed by atoms with van der Waals surface area (Å²) in [5, 5.41) is 9.58. The van der Waals surface area contributed by atoms with Crippen LogP contribution in [0, 0.1) is 5.92 Å². The van der Waals surface area contributed by atoms with E-state index in [0.29, 0.717) is 5.92 Å². The number of aliphatic hydroxyl groups is 1. The van der Waals surface area contributed by atoms with Gasteiger partial charge in [-0.15, -0.1) is 0 Å². The zero-order valence-electron chi connectivity index (χ0n) is 8.90. The van der Waals surface area contributed by atoms with Gasteiger partial charge in [0, 0.05) is 18.3 Å². The number of nitrogens with zero attached hydrogens (tertiary/aromatic N) is 2. The van der Waals surface area contributed by atoms with Gasteiger partial charge in [-0.05, 0) is 18.8 Å². The lowest BCUT2D eigenvalue weighted by Crippen LogP contribution is -2.25. The first kappa shape index (κ1) is 9.71. The second-order valence-corrected chi connectivity index (χ2v) is 4.57. The first-order valence-corrected chi connectivity index (χ1v) is 5.38. The van der Waals surface area contributed by atoms with Gasteiger partial charge in [0.1, 0.15) is 5.82 Å². The molecule has 1 aliphatic heterocycles. The van der Waals surface area contributed by atoms with Crippen LogP contribution in [0.15, 0.2) is 6.20 Å². The van der Waals surface area contributed by atoms with Gasteiger partial charge in [0.05, 0.1) is 12.6 Å². The highest BCUT2D eigenvalue weighted by Crippen LogP contribution is 2.18. The first-order valence-electron chi connectivity index (χ1n) is 5.38. The van der Waals surface area contributed by atoms with E-state index in [9.17, 15) is 5.11 Å². The van der Waals surface area contributed by atoms with Crippen LogP contribution in [0.25, 0.3) is 0 Å². The van der Waals surface area contributed by atoms with Gasteiger partial charge >= 0.3 is 0 Å². The maximum atomic E-state index is 9.58. The molecule has 1 N–H and O–H groups in total. The summed E-state index contributed by atoms with van der Waals surface area (Å²) >= 11 is 0. The molecule has 1 atom stereocenters. The molecule has 0 saturated heterocycles. The Morgan fingerprint density at radius 2 is 2.43 bits per heavy atom. The van der Waals surface area contributed by atoms with Crippen LogP contribution < -0.4 is 0 Å². The molecule has 78 valence electrons. The van der Waals surface area contributed by atoms with Gasteiger partial charge < -0.3 is 9.67 Å². The Balaban J connectivity index is 2.22. The largest absolute Gasteiger partial charge is 0.391 e. The summed E-state index contributed by atoms with van der Waals surface area (Å²) < 4.78 is 2.19. The fourth-order valence-corrected chi connectivity index (χ4v) is 2.02. The summed E-state index contributed by atoms with van der Waals surface area (Å²) in [4.78, 5) is 4.42. The van der Waals surface area contributed by atoms with E-state index in [-0.39, 0.29) is 6.10 Å². The fourth-order valence-electron chi connectivity index (χ4n) is 2.02. The van der Waals surface area contributed by atoms with Gasteiger partial charge in [0.15, 0.2) is 0 Å². The highest BCUT2D eigenvalue weighted by Gasteiger charge is 2.19. The minimum atomic E-state index is -0.178. The molecule has 0 saturated carbocycles. The Morgan fingerprint density at radius 3 is 3.14 bits per heavy atom. The van der Waals surface area contributed by atoms with Crippen LogP contribution in [0.3, 0.4) is 0 Å². The van der Waals surface area contributed by atoms with Crippen LogP contribution in [0.5, 0.6) is 0 Å². The van der Waals surface area contributed by atoms with E-state index in [1.807, 2.05) is 6.20 Å². The number of aliphatic hydroxyl groups excluding tert-OH is 1. The van der Waals surface area contributed by atoms with Crippen molar-refractivity contribution in [2.75, 3.05) is 0 Å². The molecule has 0 spiro atoms. The van der Waals surface area contributed by atoms with Gasteiger partial charge in [-0.2, -0.15) is 0 Å². The molecule has 0 amide bonds. The van der Waals surface area contributed by atoms with E-state index >= 15 is 0 Å². The topological polar surface area (TPSA) is 38.0 Å². The van der Waals surface area contributed by atoms with E-state index in [2.05, 4.69) is 23.4 Å². The molecule has 0 radical (unpaired) electrons. The summed E-state index contributed by atoms with van der Waals surface area (Å²) in [6, 6.07) is 0. The normalized spacial score (nSPS) is 21.3. The van der Waals surface area contributed by atoms with Crippen molar-refractivity contribution >= 4 is 0 Å². The molecular formula is C11H18N2O. The Bertz CT molecular complexity index is 317. The SMILES string of the molecule is CC(C)Cc1ncc2n1CC(O)CC2. The summed E-state index contributed by atoms with van der Waals surface area (Å²) in [6.07, 6.45) is 4.64. The lowest BCUT2D eigenvalue weighted by atomic mass is 10.1. The van der Waals surface area contributed by atoms with E-state index in [0.717, 1.165) is 31.6 Å². The van der Waals surface area contributed by atoms with E-state index in [1.54, 1.807) is 0 Å². The van der Waals surface area contributed by atoms with Gasteiger partial charge in [-0.1, -0.05) is 13.8 Å². The van der Waals surface area contributed by atoms with Crippen LogP contribution in [-0.2, 0) is 19.4 Å². The van der Waals surface area contributed by atoms with Crippen molar-refractivity contribution in [3.8, 4) is 0 Å². The van der Waals surface area contributed by atoms with Gasteiger partial charge in [0.2, 0.25) is 0 Å². The molecule has 1 unspecified atom stereocenters. The molecule has 2 rings (SSSR count). The van der Waals surface area contributed by atoms with Crippen LogP contribution in [0.2, 0.25) is 0 Å². The summed E-state index contributed by atoms with van der Waals surface area (Å²) in [7, 11) is 0. The van der Waals surface area contributed by atoms with Crippen molar-refractivity contribution in [3.63, 3.8) is 0 Å². The number of fused-ring (bicyclic) bond motifs is 1. The summed E-state index contributed by atoms with van der Waals surface area (Å²) in [6.45, 7) is 5.12. The van der Waals surface area contributed by atoms with Crippen molar-refractivity contribution in [2.45, 2.75) is 45.8 Å². The fraction of sp³-hybridized carbons (Fsp3) is 0.727. The summed E-state index contributed by atoms with van der Waals surface area (Å²) in [5.74, 6) is 1.76. The van der Waals surface area contributed by atoms with E-state index in [1.165, 1.54) is 5.69 Å². The number of imidazole rings is 1. The van der Waals surface area contributed by atoms with Crippen LogP contribution in [-0.4, -0.2) is 20.8 Å². The molecule has 14 heavy (non-hydrogen) atoms. The number of aryl methyl sites for hydroxylation is 1. The van der Waals surface area contributed by atoms with E-state index in [4.69, 9.17) is 0 Å². The molecule has 0 aromatic carbocycles. The predicted molar refractivity (Wildman–Crippen MR) is 55.1 cm³/mol. The van der Waals surface area contributed by atoms with Crippen LogP contribution in [0.1, 0.15) is 31.8 Å². The zero-order valence-corrected chi connectivity index (χ0v) is 8.90. The predicted octanol–water partition coefficient (Wildman–Crippen LogP) is 1.39. The van der Waals surface area contributed by atoms with Crippen molar-refractivity contribution in [3.05, 3.63) is 17.7 Å². The van der Waals surface area contributed by atoms with Crippen molar-refractivity contribution in [1.29, 1.82) is 0 Å². The Morgan fingerprint density at radius 1 is 1.64 bits per heavy atom. The molecule has 1 aromatic heterocycles. The smallest absolute Gasteiger partial charge is 0.109 e. The lowest BCUT2D eigenvalue weighted by molar-refractivity contribution is 0.129. The molecule has 0 aliphatic carbocycles. The minimum Gasteiger partial charge on any atom is -0.391 e. The summed E-state index contributed by atoms with van der Waals surface area (Å²) in [5.41, 5.74) is 1.28. The number of hydrogen-bond acceptors (Lipinski definition) is 2.